The van der Waals surface area contributed by atoms with E-state index in [1.807, 2.05) is 37.3 Å². The fourth-order valence-corrected chi connectivity index (χ4v) is 3.07. The summed E-state index contributed by atoms with van der Waals surface area (Å²) in [6, 6.07) is 14.6. The van der Waals surface area contributed by atoms with Crippen LogP contribution in [0.4, 0.5) is 0 Å². The van der Waals surface area contributed by atoms with Gasteiger partial charge in [-0.15, -0.1) is 0 Å². The Hall–Kier alpha value is -3.48. The average molecular weight is 393 g/mol. The molecule has 0 unspecified atom stereocenters. The zero-order valence-electron chi connectivity index (χ0n) is 16.5. The predicted molar refractivity (Wildman–Crippen MR) is 110 cm³/mol. The number of fused-ring (bicyclic) bond motifs is 1. The summed E-state index contributed by atoms with van der Waals surface area (Å²) in [5, 5.41) is 2.73. The van der Waals surface area contributed by atoms with Gasteiger partial charge in [0, 0.05) is 13.1 Å². The molecular weight excluding hydrogens is 370 g/mol. The molecule has 2 aromatic carbocycles. The van der Waals surface area contributed by atoms with E-state index < -0.39 is 5.97 Å². The Balaban J connectivity index is 1.59. The Kier molecular flexibility index (Phi) is 6.39. The third-order valence-corrected chi connectivity index (χ3v) is 4.57. The summed E-state index contributed by atoms with van der Waals surface area (Å²) in [7, 11) is 0. The van der Waals surface area contributed by atoms with Crippen molar-refractivity contribution in [2.75, 3.05) is 13.2 Å². The summed E-state index contributed by atoms with van der Waals surface area (Å²) in [6.45, 7) is 4.13. The van der Waals surface area contributed by atoms with Crippen LogP contribution in [-0.2, 0) is 22.5 Å². The summed E-state index contributed by atoms with van der Waals surface area (Å²) < 4.78 is 6.71. The van der Waals surface area contributed by atoms with E-state index in [-0.39, 0.29) is 23.6 Å². The zero-order chi connectivity index (χ0) is 20.8. The lowest BCUT2D eigenvalue weighted by Gasteiger charge is -2.10. The minimum atomic E-state index is -0.612. The van der Waals surface area contributed by atoms with E-state index in [4.69, 9.17) is 4.74 Å². The van der Waals surface area contributed by atoms with Gasteiger partial charge in [-0.1, -0.05) is 30.3 Å². The number of carbonyl (C=O) groups is 2. The Morgan fingerprint density at radius 2 is 1.90 bits per heavy atom. The van der Waals surface area contributed by atoms with Gasteiger partial charge in [-0.25, -0.2) is 9.78 Å². The van der Waals surface area contributed by atoms with Crippen LogP contribution in [0.15, 0.2) is 53.3 Å². The third kappa shape index (κ3) is 4.87. The number of esters is 1. The van der Waals surface area contributed by atoms with Gasteiger partial charge in [0.2, 0.25) is 0 Å². The number of nitrogens with zero attached hydrogens (tertiary/aromatic N) is 2. The fraction of sp³-hybridized carbons (Fsp3) is 0.273. The normalized spacial score (nSPS) is 10.7. The Morgan fingerprint density at radius 3 is 2.62 bits per heavy atom. The fourth-order valence-electron chi connectivity index (χ4n) is 3.07. The molecular formula is C22H23N3O4. The molecule has 1 heterocycles. The SMILES string of the molecule is CCn1c(=O)c(C)nc2cc(C(=O)OCC(=O)NCCc3ccccc3)ccc21. The van der Waals surface area contributed by atoms with Crippen LogP contribution in [0.3, 0.4) is 0 Å². The first-order valence-corrected chi connectivity index (χ1v) is 9.48. The molecule has 3 rings (SSSR count). The summed E-state index contributed by atoms with van der Waals surface area (Å²) in [5.41, 5.74) is 2.80. The number of carbonyl (C=O) groups excluding carboxylic acids is 2. The smallest absolute Gasteiger partial charge is 0.338 e. The van der Waals surface area contributed by atoms with E-state index in [1.54, 1.807) is 29.7 Å². The van der Waals surface area contributed by atoms with Crippen LogP contribution in [0.2, 0.25) is 0 Å². The lowest BCUT2D eigenvalue weighted by molar-refractivity contribution is -0.124. The monoisotopic (exact) mass is 393 g/mol. The number of amides is 1. The summed E-state index contributed by atoms with van der Waals surface area (Å²) in [4.78, 5) is 40.6. The van der Waals surface area contributed by atoms with Crippen LogP contribution in [0, 0.1) is 6.92 Å². The van der Waals surface area contributed by atoms with E-state index in [0.29, 0.717) is 36.2 Å². The molecule has 7 heteroatoms. The highest BCUT2D eigenvalue weighted by atomic mass is 16.5. The molecule has 1 aromatic heterocycles. The number of aromatic nitrogens is 2. The second kappa shape index (κ2) is 9.14. The molecule has 3 aromatic rings. The van der Waals surface area contributed by atoms with Crippen LogP contribution in [0.1, 0.15) is 28.5 Å². The maximum absolute atomic E-state index is 12.3. The molecule has 150 valence electrons. The second-order valence-corrected chi connectivity index (χ2v) is 6.61. The maximum Gasteiger partial charge on any atom is 0.338 e. The largest absolute Gasteiger partial charge is 0.452 e. The van der Waals surface area contributed by atoms with Gasteiger partial charge in [-0.2, -0.15) is 0 Å². The minimum Gasteiger partial charge on any atom is -0.452 e. The van der Waals surface area contributed by atoms with Crippen molar-refractivity contribution < 1.29 is 14.3 Å². The van der Waals surface area contributed by atoms with Crippen LogP contribution in [-0.4, -0.2) is 34.6 Å². The first kappa shape index (κ1) is 20.3. The number of hydrogen-bond acceptors (Lipinski definition) is 5. The van der Waals surface area contributed by atoms with Gasteiger partial charge in [0.05, 0.1) is 16.6 Å². The van der Waals surface area contributed by atoms with Gasteiger partial charge >= 0.3 is 5.97 Å². The van der Waals surface area contributed by atoms with E-state index in [9.17, 15) is 14.4 Å². The maximum atomic E-state index is 12.3. The topological polar surface area (TPSA) is 90.3 Å². The lowest BCUT2D eigenvalue weighted by atomic mass is 10.1. The Morgan fingerprint density at radius 1 is 1.14 bits per heavy atom. The van der Waals surface area contributed by atoms with Crippen molar-refractivity contribution in [3.05, 3.63) is 75.7 Å². The van der Waals surface area contributed by atoms with Crippen molar-refractivity contribution in [1.82, 2.24) is 14.9 Å². The van der Waals surface area contributed by atoms with Gasteiger partial charge in [0.1, 0.15) is 5.69 Å². The van der Waals surface area contributed by atoms with Crippen LogP contribution in [0.25, 0.3) is 11.0 Å². The highest BCUT2D eigenvalue weighted by Gasteiger charge is 2.13. The van der Waals surface area contributed by atoms with Crippen molar-refractivity contribution in [2.24, 2.45) is 0 Å². The molecule has 0 saturated heterocycles. The van der Waals surface area contributed by atoms with Crippen molar-refractivity contribution in [3.63, 3.8) is 0 Å². The number of rotatable bonds is 7. The molecule has 7 nitrogen and oxygen atoms in total. The van der Waals surface area contributed by atoms with Gasteiger partial charge in [-0.05, 0) is 44.0 Å². The minimum absolute atomic E-state index is 0.150. The number of aryl methyl sites for hydroxylation is 2. The molecule has 0 spiro atoms. The number of ether oxygens (including phenoxy) is 1. The van der Waals surface area contributed by atoms with Crippen LogP contribution < -0.4 is 10.9 Å². The van der Waals surface area contributed by atoms with Gasteiger partial charge in [0.25, 0.3) is 11.5 Å². The summed E-state index contributed by atoms with van der Waals surface area (Å²) in [5.74, 6) is -0.970. The van der Waals surface area contributed by atoms with Gasteiger partial charge in [-0.3, -0.25) is 9.59 Å². The van der Waals surface area contributed by atoms with E-state index in [2.05, 4.69) is 10.3 Å². The molecule has 0 aliphatic carbocycles. The number of benzene rings is 2. The standard InChI is InChI=1S/C22H23N3O4/c1-3-25-19-10-9-17(13-18(19)24-15(2)21(25)27)22(28)29-14-20(26)23-12-11-16-7-5-4-6-8-16/h4-10,13H,3,11-12,14H2,1-2H3,(H,23,26). The van der Waals surface area contributed by atoms with Gasteiger partial charge < -0.3 is 14.6 Å². The quantitative estimate of drug-likeness (QED) is 0.622. The highest BCUT2D eigenvalue weighted by molar-refractivity contribution is 5.94. The summed E-state index contributed by atoms with van der Waals surface area (Å²) in [6.07, 6.45) is 0.704. The molecule has 0 aliphatic heterocycles. The molecule has 0 saturated carbocycles. The number of nitrogens with one attached hydrogen (secondary N) is 1. The van der Waals surface area contributed by atoms with Crippen LogP contribution >= 0.6 is 0 Å². The van der Waals surface area contributed by atoms with Crippen molar-refractivity contribution in [1.29, 1.82) is 0 Å². The average Bonchev–Trinajstić information content (AvgIpc) is 2.73. The number of hydrogen-bond donors (Lipinski definition) is 1. The molecule has 0 fully saturated rings. The molecule has 0 bridgehead atoms. The lowest BCUT2D eigenvalue weighted by Crippen LogP contribution is -2.30. The molecule has 1 amide bonds. The highest BCUT2D eigenvalue weighted by Crippen LogP contribution is 2.14. The first-order chi connectivity index (χ1) is 14.0. The third-order valence-electron chi connectivity index (χ3n) is 4.57. The Bertz CT molecular complexity index is 1090. The zero-order valence-corrected chi connectivity index (χ0v) is 16.5. The second-order valence-electron chi connectivity index (χ2n) is 6.61. The van der Waals surface area contributed by atoms with Gasteiger partial charge in [0.15, 0.2) is 6.61 Å². The molecule has 0 aliphatic rings. The Labute approximate surface area is 168 Å². The first-order valence-electron chi connectivity index (χ1n) is 9.48. The van der Waals surface area contributed by atoms with Crippen molar-refractivity contribution in [2.45, 2.75) is 26.8 Å². The molecule has 1 N–H and O–H groups in total. The van der Waals surface area contributed by atoms with E-state index in [1.165, 1.54) is 0 Å². The van der Waals surface area contributed by atoms with Crippen LogP contribution in [0.5, 0.6) is 0 Å². The van der Waals surface area contributed by atoms with Crippen molar-refractivity contribution in [3.8, 4) is 0 Å². The summed E-state index contributed by atoms with van der Waals surface area (Å²) >= 11 is 0. The van der Waals surface area contributed by atoms with E-state index in [0.717, 1.165) is 5.56 Å². The van der Waals surface area contributed by atoms with E-state index >= 15 is 0 Å². The molecule has 0 atom stereocenters. The molecule has 0 radical (unpaired) electrons. The van der Waals surface area contributed by atoms with Crippen molar-refractivity contribution >= 4 is 22.9 Å². The predicted octanol–water partition coefficient (Wildman–Crippen LogP) is 2.24. The molecule has 29 heavy (non-hydrogen) atoms.